The van der Waals surface area contributed by atoms with Crippen LogP contribution in [0.1, 0.15) is 37.0 Å². The van der Waals surface area contributed by atoms with Crippen molar-refractivity contribution in [2.75, 3.05) is 6.61 Å². The zero-order valence-corrected chi connectivity index (χ0v) is 14.0. The lowest BCUT2D eigenvalue weighted by atomic mass is 10.1. The predicted molar refractivity (Wildman–Crippen MR) is 91.9 cm³/mol. The summed E-state index contributed by atoms with van der Waals surface area (Å²) in [6, 6.07) is 7.02. The van der Waals surface area contributed by atoms with Crippen LogP contribution in [0, 0.1) is 6.92 Å². The van der Waals surface area contributed by atoms with Gasteiger partial charge in [0.25, 0.3) is 0 Å². The van der Waals surface area contributed by atoms with E-state index in [1.165, 1.54) is 0 Å². The third-order valence-electron chi connectivity index (χ3n) is 4.40. The van der Waals surface area contributed by atoms with Gasteiger partial charge in [-0.3, -0.25) is 0 Å². The number of hydrogen-bond donors (Lipinski definition) is 2. The molecule has 0 radical (unpaired) electrons. The SMILES string of the molecule is Cc1cc(-c2nn(C3CCCCO3)c3ccc(O)cc23)nc(CO)n1. The van der Waals surface area contributed by atoms with Gasteiger partial charge >= 0.3 is 0 Å². The molecule has 2 aromatic heterocycles. The third kappa shape index (κ3) is 2.96. The second kappa shape index (κ2) is 6.42. The predicted octanol–water partition coefficient (Wildman–Crippen LogP) is 2.70. The Bertz CT molecular complexity index is 916. The monoisotopic (exact) mass is 340 g/mol. The zero-order chi connectivity index (χ0) is 17.4. The van der Waals surface area contributed by atoms with Gasteiger partial charge in [-0.15, -0.1) is 0 Å². The number of aliphatic hydroxyl groups excluding tert-OH is 1. The van der Waals surface area contributed by atoms with Gasteiger partial charge < -0.3 is 14.9 Å². The first kappa shape index (κ1) is 16.0. The molecule has 1 aliphatic rings. The lowest BCUT2D eigenvalue weighted by Gasteiger charge is -2.23. The van der Waals surface area contributed by atoms with Gasteiger partial charge in [-0.05, 0) is 50.5 Å². The van der Waals surface area contributed by atoms with Gasteiger partial charge in [0.2, 0.25) is 0 Å². The Balaban J connectivity index is 1.91. The summed E-state index contributed by atoms with van der Waals surface area (Å²) in [5.74, 6) is 0.526. The van der Waals surface area contributed by atoms with Gasteiger partial charge in [-0.2, -0.15) is 5.10 Å². The minimum absolute atomic E-state index is 0.116. The highest BCUT2D eigenvalue weighted by Crippen LogP contribution is 2.34. The molecule has 2 N–H and O–H groups in total. The summed E-state index contributed by atoms with van der Waals surface area (Å²) >= 11 is 0. The topological polar surface area (TPSA) is 93.3 Å². The van der Waals surface area contributed by atoms with Gasteiger partial charge in [-0.1, -0.05) is 0 Å². The number of aromatic nitrogens is 4. The highest BCUT2D eigenvalue weighted by molar-refractivity contribution is 5.93. The maximum atomic E-state index is 9.94. The van der Waals surface area contributed by atoms with Crippen LogP contribution in [0.5, 0.6) is 5.75 Å². The molecule has 1 unspecified atom stereocenters. The average Bonchev–Trinajstić information content (AvgIpc) is 3.00. The second-order valence-corrected chi connectivity index (χ2v) is 6.28. The van der Waals surface area contributed by atoms with Crippen molar-refractivity contribution in [3.63, 3.8) is 0 Å². The molecule has 0 spiro atoms. The molecule has 1 fully saturated rings. The Morgan fingerprint density at radius 1 is 1.24 bits per heavy atom. The van der Waals surface area contributed by atoms with Crippen molar-refractivity contribution in [2.24, 2.45) is 0 Å². The standard InChI is InChI=1S/C18H20N4O3/c1-11-8-14(20-16(10-23)19-11)18-13-9-12(24)5-6-15(13)22(21-18)17-4-2-3-7-25-17/h5-6,8-9,17,23-24H,2-4,7,10H2,1H3. The van der Waals surface area contributed by atoms with E-state index in [4.69, 9.17) is 9.84 Å². The molecule has 1 saturated heterocycles. The van der Waals surface area contributed by atoms with Crippen molar-refractivity contribution >= 4 is 10.9 Å². The van der Waals surface area contributed by atoms with Crippen molar-refractivity contribution in [1.29, 1.82) is 0 Å². The van der Waals surface area contributed by atoms with E-state index < -0.39 is 0 Å². The first-order valence-electron chi connectivity index (χ1n) is 8.44. The van der Waals surface area contributed by atoms with Gasteiger partial charge in [-0.25, -0.2) is 14.6 Å². The number of rotatable bonds is 3. The highest BCUT2D eigenvalue weighted by Gasteiger charge is 2.22. The fourth-order valence-electron chi connectivity index (χ4n) is 3.28. The summed E-state index contributed by atoms with van der Waals surface area (Å²) in [7, 11) is 0. The normalized spacial score (nSPS) is 17.9. The maximum absolute atomic E-state index is 9.94. The number of phenolic OH excluding ortho intramolecular Hbond substituents is 1. The fourth-order valence-corrected chi connectivity index (χ4v) is 3.28. The number of phenols is 1. The van der Waals surface area contributed by atoms with E-state index in [2.05, 4.69) is 9.97 Å². The van der Waals surface area contributed by atoms with Crippen LogP contribution in [0.25, 0.3) is 22.3 Å². The van der Waals surface area contributed by atoms with Crippen LogP contribution >= 0.6 is 0 Å². The van der Waals surface area contributed by atoms with Gasteiger partial charge in [0, 0.05) is 17.7 Å². The number of aryl methyl sites for hydroxylation is 1. The van der Waals surface area contributed by atoms with Gasteiger partial charge in [0.05, 0.1) is 11.2 Å². The minimum atomic E-state index is -0.232. The number of nitrogens with zero attached hydrogens (tertiary/aromatic N) is 4. The molecule has 7 heteroatoms. The molecule has 3 aromatic rings. The Hall–Kier alpha value is -2.51. The molecule has 0 bridgehead atoms. The molecule has 1 aliphatic heterocycles. The van der Waals surface area contributed by atoms with E-state index in [1.54, 1.807) is 12.1 Å². The molecule has 4 rings (SSSR count). The number of aromatic hydroxyl groups is 1. The summed E-state index contributed by atoms with van der Waals surface area (Å²) in [6.45, 7) is 2.34. The minimum Gasteiger partial charge on any atom is -0.508 e. The molecule has 130 valence electrons. The van der Waals surface area contributed by atoms with Gasteiger partial charge in [0.1, 0.15) is 18.1 Å². The number of fused-ring (bicyclic) bond motifs is 1. The molecule has 1 atom stereocenters. The molecular formula is C18H20N4O3. The third-order valence-corrected chi connectivity index (χ3v) is 4.40. The summed E-state index contributed by atoms with van der Waals surface area (Å²) in [5, 5.41) is 24.9. The van der Waals surface area contributed by atoms with E-state index in [1.807, 2.05) is 23.7 Å². The van der Waals surface area contributed by atoms with Crippen LogP contribution in [0.4, 0.5) is 0 Å². The number of benzene rings is 1. The van der Waals surface area contributed by atoms with E-state index >= 15 is 0 Å². The van der Waals surface area contributed by atoms with Crippen molar-refractivity contribution in [3.05, 3.63) is 35.8 Å². The van der Waals surface area contributed by atoms with Crippen molar-refractivity contribution in [2.45, 2.75) is 39.0 Å². The lowest BCUT2D eigenvalue weighted by Crippen LogP contribution is -2.19. The molecule has 7 nitrogen and oxygen atoms in total. The quantitative estimate of drug-likeness (QED) is 0.761. The van der Waals surface area contributed by atoms with Crippen LogP contribution in [0.2, 0.25) is 0 Å². The molecule has 3 heterocycles. The number of ether oxygens (including phenoxy) is 1. The highest BCUT2D eigenvalue weighted by atomic mass is 16.5. The van der Waals surface area contributed by atoms with Crippen LogP contribution in [0.15, 0.2) is 24.3 Å². The zero-order valence-electron chi connectivity index (χ0n) is 14.0. The second-order valence-electron chi connectivity index (χ2n) is 6.28. The molecule has 0 saturated carbocycles. The average molecular weight is 340 g/mol. The van der Waals surface area contributed by atoms with Crippen LogP contribution in [-0.2, 0) is 11.3 Å². The number of hydrogen-bond acceptors (Lipinski definition) is 6. The molecule has 1 aromatic carbocycles. The van der Waals surface area contributed by atoms with E-state index in [0.717, 1.165) is 42.5 Å². The first-order valence-corrected chi connectivity index (χ1v) is 8.44. The van der Waals surface area contributed by atoms with E-state index in [9.17, 15) is 10.2 Å². The van der Waals surface area contributed by atoms with Crippen molar-refractivity contribution in [1.82, 2.24) is 19.7 Å². The fraction of sp³-hybridized carbons (Fsp3) is 0.389. The lowest BCUT2D eigenvalue weighted by molar-refractivity contribution is -0.0365. The maximum Gasteiger partial charge on any atom is 0.154 e. The Kier molecular flexibility index (Phi) is 4.10. The Labute approximate surface area is 144 Å². The Morgan fingerprint density at radius 2 is 2.12 bits per heavy atom. The molecule has 25 heavy (non-hydrogen) atoms. The van der Waals surface area contributed by atoms with E-state index in [0.29, 0.717) is 17.2 Å². The summed E-state index contributed by atoms with van der Waals surface area (Å²) in [5.41, 5.74) is 2.93. The molecule has 0 aliphatic carbocycles. The summed E-state index contributed by atoms with van der Waals surface area (Å²) in [4.78, 5) is 8.60. The molecule has 0 amide bonds. The number of aliphatic hydroxyl groups is 1. The Morgan fingerprint density at radius 3 is 2.88 bits per heavy atom. The van der Waals surface area contributed by atoms with Crippen molar-refractivity contribution in [3.8, 4) is 17.1 Å². The van der Waals surface area contributed by atoms with E-state index in [-0.39, 0.29) is 18.6 Å². The summed E-state index contributed by atoms with van der Waals surface area (Å²) in [6.07, 6.45) is 2.95. The van der Waals surface area contributed by atoms with Crippen molar-refractivity contribution < 1.29 is 14.9 Å². The first-order chi connectivity index (χ1) is 12.2. The summed E-state index contributed by atoms with van der Waals surface area (Å²) < 4.78 is 7.76. The van der Waals surface area contributed by atoms with Crippen LogP contribution in [-0.4, -0.2) is 36.6 Å². The van der Waals surface area contributed by atoms with Gasteiger partial charge in [0.15, 0.2) is 12.1 Å². The van der Waals surface area contributed by atoms with Crippen LogP contribution in [0.3, 0.4) is 0 Å². The van der Waals surface area contributed by atoms with Crippen LogP contribution < -0.4 is 0 Å². The largest absolute Gasteiger partial charge is 0.508 e. The smallest absolute Gasteiger partial charge is 0.154 e. The molecular weight excluding hydrogens is 320 g/mol.